The molecule has 0 saturated carbocycles. The van der Waals surface area contributed by atoms with E-state index in [4.69, 9.17) is 16.0 Å². The zero-order valence-electron chi connectivity index (χ0n) is 14.5. The molecule has 4 aromatic rings. The van der Waals surface area contributed by atoms with E-state index < -0.39 is 11.9 Å². The SMILES string of the molecule is Oc1ccc(N[C@H](c2nnc(-c3ccccc3)o2)c2ccc(F)cc2Cl)cc1. The minimum absolute atomic E-state index is 0.145. The van der Waals surface area contributed by atoms with Crippen LogP contribution in [-0.2, 0) is 0 Å². The summed E-state index contributed by atoms with van der Waals surface area (Å²) in [6.07, 6.45) is 0. The van der Waals surface area contributed by atoms with Crippen LogP contribution in [0, 0.1) is 5.82 Å². The highest BCUT2D eigenvalue weighted by atomic mass is 35.5. The Bertz CT molecular complexity index is 1080. The lowest BCUT2D eigenvalue weighted by Gasteiger charge is -2.18. The summed E-state index contributed by atoms with van der Waals surface area (Å²) in [6.45, 7) is 0. The van der Waals surface area contributed by atoms with Gasteiger partial charge in [0.2, 0.25) is 11.8 Å². The molecular weight excluding hydrogens is 381 g/mol. The second kappa shape index (κ2) is 7.70. The molecule has 7 heteroatoms. The second-order valence-corrected chi connectivity index (χ2v) is 6.51. The van der Waals surface area contributed by atoms with Crippen molar-refractivity contribution in [2.75, 3.05) is 5.32 Å². The Morgan fingerprint density at radius 3 is 2.43 bits per heavy atom. The summed E-state index contributed by atoms with van der Waals surface area (Å²) < 4.78 is 19.4. The van der Waals surface area contributed by atoms with Crippen LogP contribution in [0.1, 0.15) is 17.5 Å². The predicted molar refractivity (Wildman–Crippen MR) is 105 cm³/mol. The number of phenols is 1. The maximum atomic E-state index is 13.5. The molecule has 3 aromatic carbocycles. The van der Waals surface area contributed by atoms with Gasteiger partial charge in [0.05, 0.1) is 0 Å². The molecule has 1 aromatic heterocycles. The third kappa shape index (κ3) is 3.82. The molecule has 4 rings (SSSR count). The molecule has 0 bridgehead atoms. The number of phenolic OH excluding ortho intramolecular Hbond substituents is 1. The van der Waals surface area contributed by atoms with Crippen LogP contribution in [0.2, 0.25) is 5.02 Å². The molecule has 28 heavy (non-hydrogen) atoms. The van der Waals surface area contributed by atoms with E-state index in [1.807, 2.05) is 30.3 Å². The number of hydrogen-bond donors (Lipinski definition) is 2. The molecule has 0 aliphatic rings. The van der Waals surface area contributed by atoms with Gasteiger partial charge in [-0.1, -0.05) is 35.9 Å². The zero-order chi connectivity index (χ0) is 19.5. The number of rotatable bonds is 5. The minimum atomic E-state index is -0.609. The summed E-state index contributed by atoms with van der Waals surface area (Å²) in [5.74, 6) is 0.352. The molecule has 0 aliphatic carbocycles. The van der Waals surface area contributed by atoms with Crippen molar-refractivity contribution >= 4 is 17.3 Å². The van der Waals surface area contributed by atoms with Crippen molar-refractivity contribution in [3.05, 3.63) is 95.1 Å². The average Bonchev–Trinajstić information content (AvgIpc) is 3.19. The van der Waals surface area contributed by atoms with E-state index in [0.717, 1.165) is 5.56 Å². The van der Waals surface area contributed by atoms with Gasteiger partial charge in [-0.05, 0) is 48.5 Å². The first kappa shape index (κ1) is 18.0. The fraction of sp³-hybridized carbons (Fsp3) is 0.0476. The van der Waals surface area contributed by atoms with Gasteiger partial charge in [-0.3, -0.25) is 0 Å². The Labute approximate surface area is 165 Å². The Kier molecular flexibility index (Phi) is 4.95. The summed E-state index contributed by atoms with van der Waals surface area (Å²) in [6, 6.07) is 19.4. The van der Waals surface area contributed by atoms with Crippen molar-refractivity contribution < 1.29 is 13.9 Å². The van der Waals surface area contributed by atoms with Crippen molar-refractivity contribution in [1.82, 2.24) is 10.2 Å². The predicted octanol–water partition coefficient (Wildman–Crippen LogP) is 5.44. The largest absolute Gasteiger partial charge is 0.508 e. The first-order chi connectivity index (χ1) is 13.6. The maximum absolute atomic E-state index is 13.5. The topological polar surface area (TPSA) is 71.2 Å². The van der Waals surface area contributed by atoms with Crippen LogP contribution in [0.4, 0.5) is 10.1 Å². The van der Waals surface area contributed by atoms with E-state index in [-0.39, 0.29) is 16.7 Å². The summed E-state index contributed by atoms with van der Waals surface area (Å²) in [5, 5.41) is 21.3. The van der Waals surface area contributed by atoms with Gasteiger partial charge in [0.15, 0.2) is 0 Å². The van der Waals surface area contributed by atoms with Crippen LogP contribution < -0.4 is 5.32 Å². The van der Waals surface area contributed by atoms with Crippen molar-refractivity contribution in [1.29, 1.82) is 0 Å². The van der Waals surface area contributed by atoms with Crippen molar-refractivity contribution in [2.45, 2.75) is 6.04 Å². The van der Waals surface area contributed by atoms with E-state index in [1.165, 1.54) is 12.1 Å². The third-order valence-corrected chi connectivity index (χ3v) is 4.49. The molecular formula is C21H15ClFN3O2. The number of hydrogen-bond acceptors (Lipinski definition) is 5. The summed E-state index contributed by atoms with van der Waals surface area (Å²) in [5.41, 5.74) is 2.07. The molecule has 0 spiro atoms. The Morgan fingerprint density at radius 2 is 1.71 bits per heavy atom. The van der Waals surface area contributed by atoms with Crippen LogP contribution in [0.15, 0.2) is 77.2 Å². The van der Waals surface area contributed by atoms with Crippen LogP contribution in [-0.4, -0.2) is 15.3 Å². The summed E-state index contributed by atoms with van der Waals surface area (Å²) >= 11 is 6.28. The van der Waals surface area contributed by atoms with Gasteiger partial charge in [-0.2, -0.15) is 0 Å². The van der Waals surface area contributed by atoms with Gasteiger partial charge in [-0.15, -0.1) is 10.2 Å². The number of nitrogens with zero attached hydrogens (tertiary/aromatic N) is 2. The van der Waals surface area contributed by atoms with Crippen molar-refractivity contribution in [3.63, 3.8) is 0 Å². The lowest BCUT2D eigenvalue weighted by molar-refractivity contribution is 0.475. The Hall–Kier alpha value is -3.38. The monoisotopic (exact) mass is 395 g/mol. The number of aromatic nitrogens is 2. The van der Waals surface area contributed by atoms with Crippen LogP contribution in [0.5, 0.6) is 5.75 Å². The highest BCUT2D eigenvalue weighted by Gasteiger charge is 2.24. The van der Waals surface area contributed by atoms with Crippen LogP contribution in [0.3, 0.4) is 0 Å². The van der Waals surface area contributed by atoms with Gasteiger partial charge in [0, 0.05) is 21.8 Å². The third-order valence-electron chi connectivity index (χ3n) is 4.16. The molecule has 5 nitrogen and oxygen atoms in total. The van der Waals surface area contributed by atoms with E-state index in [0.29, 0.717) is 17.1 Å². The second-order valence-electron chi connectivity index (χ2n) is 6.10. The van der Waals surface area contributed by atoms with E-state index in [9.17, 15) is 9.50 Å². The summed E-state index contributed by atoms with van der Waals surface area (Å²) in [4.78, 5) is 0. The Morgan fingerprint density at radius 1 is 0.964 bits per heavy atom. The van der Waals surface area contributed by atoms with Crippen LogP contribution >= 0.6 is 11.6 Å². The number of nitrogens with one attached hydrogen (secondary N) is 1. The number of aromatic hydroxyl groups is 1. The lowest BCUT2D eigenvalue weighted by Crippen LogP contribution is -2.13. The highest BCUT2D eigenvalue weighted by Crippen LogP contribution is 2.33. The fourth-order valence-electron chi connectivity index (χ4n) is 2.78. The molecule has 1 heterocycles. The molecule has 0 saturated heterocycles. The normalized spacial score (nSPS) is 11.9. The number of anilines is 1. The van der Waals surface area contributed by atoms with Gasteiger partial charge >= 0.3 is 0 Å². The smallest absolute Gasteiger partial charge is 0.247 e. The molecule has 0 radical (unpaired) electrons. The molecule has 2 N–H and O–H groups in total. The lowest BCUT2D eigenvalue weighted by atomic mass is 10.1. The number of halogens is 2. The molecule has 1 atom stereocenters. The standard InChI is InChI=1S/C21H15ClFN3O2/c22-18-12-14(23)6-11-17(18)19(24-15-7-9-16(27)10-8-15)21-26-25-20(28-21)13-4-2-1-3-5-13/h1-12,19,24,27H/t19-/m0/s1. The van der Waals surface area contributed by atoms with Crippen LogP contribution in [0.25, 0.3) is 11.5 Å². The van der Waals surface area contributed by atoms with E-state index in [1.54, 1.807) is 30.3 Å². The molecule has 140 valence electrons. The Balaban J connectivity index is 1.74. The quantitative estimate of drug-likeness (QED) is 0.440. The first-order valence-electron chi connectivity index (χ1n) is 8.49. The number of benzene rings is 3. The van der Waals surface area contributed by atoms with E-state index in [2.05, 4.69) is 15.5 Å². The van der Waals surface area contributed by atoms with Crippen molar-refractivity contribution in [3.8, 4) is 17.2 Å². The molecule has 0 amide bonds. The maximum Gasteiger partial charge on any atom is 0.247 e. The minimum Gasteiger partial charge on any atom is -0.508 e. The molecule has 0 unspecified atom stereocenters. The molecule has 0 fully saturated rings. The van der Waals surface area contributed by atoms with Gasteiger partial charge in [0.25, 0.3) is 0 Å². The average molecular weight is 396 g/mol. The first-order valence-corrected chi connectivity index (χ1v) is 8.87. The fourth-order valence-corrected chi connectivity index (χ4v) is 3.06. The highest BCUT2D eigenvalue weighted by molar-refractivity contribution is 6.31. The van der Waals surface area contributed by atoms with Gasteiger partial charge in [0.1, 0.15) is 17.6 Å². The van der Waals surface area contributed by atoms with Crippen molar-refractivity contribution in [2.24, 2.45) is 0 Å². The van der Waals surface area contributed by atoms with Gasteiger partial charge in [-0.25, -0.2) is 4.39 Å². The van der Waals surface area contributed by atoms with E-state index >= 15 is 0 Å². The summed E-state index contributed by atoms with van der Waals surface area (Å²) in [7, 11) is 0. The zero-order valence-corrected chi connectivity index (χ0v) is 15.3. The van der Waals surface area contributed by atoms with Gasteiger partial charge < -0.3 is 14.8 Å². The molecule has 0 aliphatic heterocycles.